The molecule has 2 atom stereocenters. The number of nitrogens with one attached hydrogen (secondary N) is 3. The summed E-state index contributed by atoms with van der Waals surface area (Å²) in [4.78, 5) is 28.3. The van der Waals surface area contributed by atoms with E-state index in [0.29, 0.717) is 36.1 Å². The first-order valence-electron chi connectivity index (χ1n) is 9.89. The van der Waals surface area contributed by atoms with Crippen LogP contribution in [0.3, 0.4) is 0 Å². The number of rotatable bonds is 7. The Balaban J connectivity index is 1.43. The van der Waals surface area contributed by atoms with Crippen LogP contribution < -0.4 is 16.0 Å². The second-order valence-corrected chi connectivity index (χ2v) is 7.46. The predicted octanol–water partition coefficient (Wildman–Crippen LogP) is 2.98. The Labute approximate surface area is 166 Å². The van der Waals surface area contributed by atoms with Gasteiger partial charge in [-0.15, -0.1) is 0 Å². The summed E-state index contributed by atoms with van der Waals surface area (Å²) < 4.78 is 0. The second-order valence-electron chi connectivity index (χ2n) is 7.46. The predicted molar refractivity (Wildman–Crippen MR) is 110 cm³/mol. The Bertz CT molecular complexity index is 771. The van der Waals surface area contributed by atoms with Crippen molar-refractivity contribution in [2.75, 3.05) is 18.4 Å². The largest absolute Gasteiger partial charge is 0.352 e. The van der Waals surface area contributed by atoms with E-state index >= 15 is 0 Å². The van der Waals surface area contributed by atoms with Crippen molar-refractivity contribution in [1.82, 2.24) is 15.6 Å². The molecule has 6 heteroatoms. The van der Waals surface area contributed by atoms with Crippen molar-refractivity contribution in [3.63, 3.8) is 0 Å². The molecular formula is C22H28N4O2. The average Bonchev–Trinajstić information content (AvgIpc) is 2.74. The summed E-state index contributed by atoms with van der Waals surface area (Å²) in [5, 5.41) is 9.25. The van der Waals surface area contributed by atoms with Gasteiger partial charge in [0.05, 0.1) is 5.56 Å². The lowest BCUT2D eigenvalue weighted by molar-refractivity contribution is -0.122. The van der Waals surface area contributed by atoms with Crippen LogP contribution in [-0.4, -0.2) is 29.9 Å². The first-order chi connectivity index (χ1) is 13.6. The number of hydrogen-bond donors (Lipinski definition) is 3. The first-order valence-corrected chi connectivity index (χ1v) is 9.89. The van der Waals surface area contributed by atoms with E-state index in [4.69, 9.17) is 0 Å². The number of pyridine rings is 1. The van der Waals surface area contributed by atoms with Crippen LogP contribution in [0.25, 0.3) is 0 Å². The normalized spacial score (nSPS) is 17.5. The minimum atomic E-state index is -0.194. The third kappa shape index (κ3) is 5.89. The van der Waals surface area contributed by atoms with E-state index in [1.807, 2.05) is 24.3 Å². The van der Waals surface area contributed by atoms with Crippen molar-refractivity contribution in [2.45, 2.75) is 32.7 Å². The molecule has 0 bridgehead atoms. The number of aromatic nitrogens is 1. The van der Waals surface area contributed by atoms with Crippen LogP contribution in [0.2, 0.25) is 0 Å². The van der Waals surface area contributed by atoms with Gasteiger partial charge >= 0.3 is 0 Å². The van der Waals surface area contributed by atoms with Gasteiger partial charge in [0.1, 0.15) is 0 Å². The zero-order valence-electron chi connectivity index (χ0n) is 16.3. The molecule has 1 aromatic carbocycles. The lowest BCUT2D eigenvalue weighted by Gasteiger charge is -2.28. The average molecular weight is 380 g/mol. The van der Waals surface area contributed by atoms with Crippen LogP contribution >= 0.6 is 0 Å². The molecule has 2 heterocycles. The Kier molecular flexibility index (Phi) is 7.14. The number of anilines is 1. The van der Waals surface area contributed by atoms with Crippen LogP contribution in [0.15, 0.2) is 48.8 Å². The van der Waals surface area contributed by atoms with Gasteiger partial charge in [-0.1, -0.05) is 19.1 Å². The summed E-state index contributed by atoms with van der Waals surface area (Å²) >= 11 is 0. The summed E-state index contributed by atoms with van der Waals surface area (Å²) in [7, 11) is 0. The number of benzene rings is 1. The first kappa shape index (κ1) is 20.0. The van der Waals surface area contributed by atoms with Gasteiger partial charge in [-0.25, -0.2) is 0 Å². The van der Waals surface area contributed by atoms with Gasteiger partial charge in [0, 0.05) is 31.0 Å². The van der Waals surface area contributed by atoms with Gasteiger partial charge in [0.15, 0.2) is 0 Å². The molecule has 0 saturated carbocycles. The van der Waals surface area contributed by atoms with Crippen molar-refractivity contribution in [1.29, 1.82) is 0 Å². The Morgan fingerprint density at radius 1 is 1.25 bits per heavy atom. The minimum Gasteiger partial charge on any atom is -0.352 e. The van der Waals surface area contributed by atoms with E-state index in [-0.39, 0.29) is 11.8 Å². The van der Waals surface area contributed by atoms with Crippen LogP contribution in [0.1, 0.15) is 42.1 Å². The Morgan fingerprint density at radius 3 is 2.75 bits per heavy atom. The van der Waals surface area contributed by atoms with Crippen molar-refractivity contribution in [3.05, 3.63) is 59.9 Å². The highest BCUT2D eigenvalue weighted by Gasteiger charge is 2.21. The maximum Gasteiger partial charge on any atom is 0.257 e. The monoisotopic (exact) mass is 380 g/mol. The second kappa shape index (κ2) is 9.99. The molecule has 148 valence electrons. The molecule has 2 amide bonds. The highest BCUT2D eigenvalue weighted by Crippen LogP contribution is 2.22. The van der Waals surface area contributed by atoms with Crippen molar-refractivity contribution < 1.29 is 9.59 Å². The van der Waals surface area contributed by atoms with E-state index in [2.05, 4.69) is 27.9 Å². The van der Waals surface area contributed by atoms with Crippen LogP contribution in [0.4, 0.5) is 5.69 Å². The lowest BCUT2D eigenvalue weighted by atomic mass is 9.85. The molecular weight excluding hydrogens is 352 g/mol. The lowest BCUT2D eigenvalue weighted by Crippen LogP contribution is -2.35. The maximum absolute atomic E-state index is 12.2. The van der Waals surface area contributed by atoms with Crippen LogP contribution in [0.5, 0.6) is 0 Å². The van der Waals surface area contributed by atoms with E-state index in [9.17, 15) is 9.59 Å². The van der Waals surface area contributed by atoms with E-state index in [0.717, 1.165) is 18.7 Å². The van der Waals surface area contributed by atoms with Crippen molar-refractivity contribution >= 4 is 17.5 Å². The number of carbonyl (C=O) groups is 2. The van der Waals surface area contributed by atoms with E-state index in [1.165, 1.54) is 19.0 Å². The van der Waals surface area contributed by atoms with Gasteiger partial charge in [-0.05, 0) is 67.6 Å². The van der Waals surface area contributed by atoms with E-state index < -0.39 is 0 Å². The molecule has 1 aliphatic heterocycles. The maximum atomic E-state index is 12.2. The Hall–Kier alpha value is -2.73. The molecule has 1 saturated heterocycles. The molecule has 0 spiro atoms. The van der Waals surface area contributed by atoms with Crippen molar-refractivity contribution in [2.24, 2.45) is 11.8 Å². The van der Waals surface area contributed by atoms with Gasteiger partial charge in [0.2, 0.25) is 5.91 Å². The Morgan fingerprint density at radius 2 is 2.07 bits per heavy atom. The summed E-state index contributed by atoms with van der Waals surface area (Å²) in [5.74, 6) is 0.868. The number of carbonyl (C=O) groups excluding carboxylic acids is 2. The molecule has 2 aromatic rings. The van der Waals surface area contributed by atoms with Crippen LogP contribution in [-0.2, 0) is 11.3 Å². The highest BCUT2D eigenvalue weighted by molar-refractivity contribution is 6.03. The third-order valence-corrected chi connectivity index (χ3v) is 5.27. The fraction of sp³-hybridized carbons (Fsp3) is 0.409. The molecule has 3 N–H and O–H groups in total. The number of piperidine rings is 1. The standard InChI is InChI=1S/C22H28N4O2/c1-16(18-4-2-10-23-14-18)12-21(27)25-13-17-6-8-20(9-7-17)26-22(28)19-5-3-11-24-15-19/h3,5-9,11,15-16,18,23H,2,4,10,12-14H2,1H3,(H,25,27)(H,26,28). The summed E-state index contributed by atoms with van der Waals surface area (Å²) in [6, 6.07) is 10.9. The minimum absolute atomic E-state index is 0.0898. The van der Waals surface area contributed by atoms with E-state index in [1.54, 1.807) is 18.3 Å². The van der Waals surface area contributed by atoms with Gasteiger partial charge in [-0.3, -0.25) is 14.6 Å². The molecule has 1 fully saturated rings. The summed E-state index contributed by atoms with van der Waals surface area (Å²) in [6.07, 6.45) is 6.12. The number of hydrogen-bond acceptors (Lipinski definition) is 4. The smallest absolute Gasteiger partial charge is 0.257 e. The SMILES string of the molecule is CC(CC(=O)NCc1ccc(NC(=O)c2cccnc2)cc1)C1CCCNC1. The summed E-state index contributed by atoms with van der Waals surface area (Å²) in [6.45, 7) is 4.76. The van der Waals surface area contributed by atoms with Gasteiger partial charge < -0.3 is 16.0 Å². The number of nitrogens with zero attached hydrogens (tertiary/aromatic N) is 1. The van der Waals surface area contributed by atoms with Gasteiger partial charge in [0.25, 0.3) is 5.91 Å². The molecule has 3 rings (SSSR count). The third-order valence-electron chi connectivity index (χ3n) is 5.27. The zero-order chi connectivity index (χ0) is 19.8. The summed E-state index contributed by atoms with van der Waals surface area (Å²) in [5.41, 5.74) is 2.23. The molecule has 6 nitrogen and oxygen atoms in total. The molecule has 1 aromatic heterocycles. The quantitative estimate of drug-likeness (QED) is 0.690. The van der Waals surface area contributed by atoms with Crippen LogP contribution in [0, 0.1) is 11.8 Å². The number of amides is 2. The fourth-order valence-electron chi connectivity index (χ4n) is 3.50. The van der Waals surface area contributed by atoms with Crippen molar-refractivity contribution in [3.8, 4) is 0 Å². The fourth-order valence-corrected chi connectivity index (χ4v) is 3.50. The molecule has 28 heavy (non-hydrogen) atoms. The molecule has 1 aliphatic rings. The molecule has 0 radical (unpaired) electrons. The zero-order valence-corrected chi connectivity index (χ0v) is 16.3. The molecule has 2 unspecified atom stereocenters. The van der Waals surface area contributed by atoms with Gasteiger partial charge in [-0.2, -0.15) is 0 Å². The topological polar surface area (TPSA) is 83.1 Å². The molecule has 0 aliphatic carbocycles. The highest BCUT2D eigenvalue weighted by atomic mass is 16.2.